The van der Waals surface area contributed by atoms with Crippen molar-refractivity contribution >= 4 is 21.6 Å². The maximum Gasteiger partial charge on any atom is 0.153 e. The maximum atomic E-state index is 11.7. The number of sulfone groups is 1. The first-order valence-electron chi connectivity index (χ1n) is 7.09. The first-order valence-corrected chi connectivity index (χ1v) is 9.80. The predicted octanol–water partition coefficient (Wildman–Crippen LogP) is 3.10. The van der Waals surface area contributed by atoms with Crippen molar-refractivity contribution in [3.8, 4) is 0 Å². The van der Waals surface area contributed by atoms with Crippen LogP contribution in [0.5, 0.6) is 0 Å². The summed E-state index contributed by atoms with van der Waals surface area (Å²) >= 11 is 1.61. The third-order valence-corrected chi connectivity index (χ3v) is 6.47. The molecular weight excluding hydrogens is 290 g/mol. The van der Waals surface area contributed by atoms with Crippen molar-refractivity contribution in [2.75, 3.05) is 18.1 Å². The molecule has 0 heterocycles. The van der Waals surface area contributed by atoms with Crippen LogP contribution >= 0.6 is 11.8 Å². The molecule has 20 heavy (non-hydrogen) atoms. The Labute approximate surface area is 127 Å². The molecule has 1 aromatic carbocycles. The third-order valence-electron chi connectivity index (χ3n) is 3.01. The molecule has 0 spiro atoms. The van der Waals surface area contributed by atoms with E-state index >= 15 is 0 Å². The second-order valence-corrected chi connectivity index (χ2v) is 8.93. The number of rotatable bonds is 9. The molecule has 1 aromatic rings. The van der Waals surface area contributed by atoms with E-state index in [9.17, 15) is 8.42 Å². The summed E-state index contributed by atoms with van der Waals surface area (Å²) in [6.45, 7) is 7.50. The van der Waals surface area contributed by atoms with Gasteiger partial charge in [-0.2, -0.15) is 0 Å². The summed E-state index contributed by atoms with van der Waals surface area (Å²) in [5.74, 6) is 0.861. The van der Waals surface area contributed by atoms with Gasteiger partial charge >= 0.3 is 0 Å². The summed E-state index contributed by atoms with van der Waals surface area (Å²) in [4.78, 5) is 1.14. The lowest BCUT2D eigenvalue weighted by Gasteiger charge is -2.08. The smallest absolute Gasteiger partial charge is 0.153 e. The highest BCUT2D eigenvalue weighted by atomic mass is 32.2. The van der Waals surface area contributed by atoms with Gasteiger partial charge in [-0.1, -0.05) is 19.1 Å². The van der Waals surface area contributed by atoms with Crippen molar-refractivity contribution in [2.24, 2.45) is 0 Å². The van der Waals surface area contributed by atoms with Crippen LogP contribution in [0.25, 0.3) is 0 Å². The van der Waals surface area contributed by atoms with Gasteiger partial charge in [0.05, 0.1) is 11.0 Å². The molecule has 5 heteroatoms. The van der Waals surface area contributed by atoms with E-state index in [2.05, 4.69) is 24.4 Å². The lowest BCUT2D eigenvalue weighted by molar-refractivity contribution is 0.589. The van der Waals surface area contributed by atoms with Crippen molar-refractivity contribution in [1.29, 1.82) is 0 Å². The Morgan fingerprint density at radius 3 is 2.70 bits per heavy atom. The minimum absolute atomic E-state index is 0.244. The van der Waals surface area contributed by atoms with Crippen LogP contribution in [0.1, 0.15) is 32.8 Å². The number of hydrogen-bond acceptors (Lipinski definition) is 4. The van der Waals surface area contributed by atoms with Crippen LogP contribution in [0.4, 0.5) is 0 Å². The summed E-state index contributed by atoms with van der Waals surface area (Å²) in [6.07, 6.45) is 1.13. The molecule has 0 atom stereocenters. The highest BCUT2D eigenvalue weighted by molar-refractivity contribution is 8.00. The lowest BCUT2D eigenvalue weighted by Crippen LogP contribution is -2.18. The zero-order valence-electron chi connectivity index (χ0n) is 12.6. The van der Waals surface area contributed by atoms with Crippen LogP contribution in [0.3, 0.4) is 0 Å². The SMILES string of the molecule is CCCNCc1cccc(SCCS(=O)(=O)C(C)C)c1. The van der Waals surface area contributed by atoms with E-state index in [1.54, 1.807) is 25.6 Å². The number of thioether (sulfide) groups is 1. The van der Waals surface area contributed by atoms with Gasteiger partial charge < -0.3 is 5.32 Å². The molecule has 0 aromatic heterocycles. The number of nitrogens with one attached hydrogen (secondary N) is 1. The van der Waals surface area contributed by atoms with E-state index in [0.29, 0.717) is 5.75 Å². The molecule has 1 rings (SSSR count). The molecule has 114 valence electrons. The molecular formula is C15H25NO2S2. The summed E-state index contributed by atoms with van der Waals surface area (Å²) in [5.41, 5.74) is 1.25. The van der Waals surface area contributed by atoms with Crippen molar-refractivity contribution < 1.29 is 8.42 Å². The molecule has 3 nitrogen and oxygen atoms in total. The molecule has 0 aliphatic carbocycles. The molecule has 0 unspecified atom stereocenters. The highest BCUT2D eigenvalue weighted by Crippen LogP contribution is 2.20. The zero-order chi connectivity index (χ0) is 15.0. The zero-order valence-corrected chi connectivity index (χ0v) is 14.2. The quantitative estimate of drug-likeness (QED) is 0.562. The van der Waals surface area contributed by atoms with E-state index in [1.165, 1.54) is 5.56 Å². The van der Waals surface area contributed by atoms with E-state index in [1.807, 2.05) is 12.1 Å². The van der Waals surface area contributed by atoms with Crippen molar-refractivity contribution in [2.45, 2.75) is 43.9 Å². The second kappa shape index (κ2) is 8.70. The molecule has 0 saturated carbocycles. The molecule has 0 radical (unpaired) electrons. The monoisotopic (exact) mass is 315 g/mol. The maximum absolute atomic E-state index is 11.7. The fraction of sp³-hybridized carbons (Fsp3) is 0.600. The highest BCUT2D eigenvalue weighted by Gasteiger charge is 2.15. The molecule has 0 fully saturated rings. The molecule has 0 aliphatic rings. The van der Waals surface area contributed by atoms with E-state index in [0.717, 1.165) is 24.4 Å². The van der Waals surface area contributed by atoms with Gasteiger partial charge in [-0.3, -0.25) is 0 Å². The van der Waals surface area contributed by atoms with Crippen LogP contribution < -0.4 is 5.32 Å². The van der Waals surface area contributed by atoms with E-state index < -0.39 is 9.84 Å². The van der Waals surface area contributed by atoms with Gasteiger partial charge in [-0.05, 0) is 44.5 Å². The number of benzene rings is 1. The molecule has 0 amide bonds. The lowest BCUT2D eigenvalue weighted by atomic mass is 10.2. The average molecular weight is 316 g/mol. The average Bonchev–Trinajstić information content (AvgIpc) is 2.39. The van der Waals surface area contributed by atoms with Gasteiger partial charge in [0.1, 0.15) is 0 Å². The van der Waals surface area contributed by atoms with Gasteiger partial charge in [-0.25, -0.2) is 8.42 Å². The third kappa shape index (κ3) is 6.29. The standard InChI is InChI=1S/C15H25NO2S2/c1-4-8-16-12-14-6-5-7-15(11-14)19-9-10-20(17,18)13(2)3/h5-7,11,13,16H,4,8-10,12H2,1-3H3. The first-order chi connectivity index (χ1) is 9.45. The normalized spacial score (nSPS) is 12.0. The van der Waals surface area contributed by atoms with Gasteiger partial charge in [0.25, 0.3) is 0 Å². The molecule has 0 aliphatic heterocycles. The fourth-order valence-corrected chi connectivity index (χ4v) is 4.05. The molecule has 0 bridgehead atoms. The Bertz CT molecular complexity index is 498. The van der Waals surface area contributed by atoms with Crippen LogP contribution in [0, 0.1) is 0 Å². The predicted molar refractivity (Wildman–Crippen MR) is 88.1 cm³/mol. The topological polar surface area (TPSA) is 46.2 Å². The van der Waals surface area contributed by atoms with Gasteiger partial charge in [0.15, 0.2) is 9.84 Å². The Balaban J connectivity index is 2.46. The molecule has 0 saturated heterocycles. The Morgan fingerprint density at radius 2 is 2.05 bits per heavy atom. The fourth-order valence-electron chi connectivity index (χ4n) is 1.67. The summed E-state index contributed by atoms with van der Waals surface area (Å²) in [5, 5.41) is 3.08. The minimum atomic E-state index is -2.93. The summed E-state index contributed by atoms with van der Waals surface area (Å²) in [6, 6.07) is 8.30. The Morgan fingerprint density at radius 1 is 1.30 bits per heavy atom. The molecule has 1 N–H and O–H groups in total. The van der Waals surface area contributed by atoms with Gasteiger partial charge in [0.2, 0.25) is 0 Å². The van der Waals surface area contributed by atoms with E-state index in [4.69, 9.17) is 0 Å². The second-order valence-electron chi connectivity index (χ2n) is 5.09. The minimum Gasteiger partial charge on any atom is -0.313 e. The van der Waals surface area contributed by atoms with Crippen molar-refractivity contribution in [3.05, 3.63) is 29.8 Å². The van der Waals surface area contributed by atoms with Gasteiger partial charge in [0, 0.05) is 17.2 Å². The first kappa shape index (κ1) is 17.5. The van der Waals surface area contributed by atoms with Crippen LogP contribution in [-0.2, 0) is 16.4 Å². The van der Waals surface area contributed by atoms with Crippen LogP contribution in [0.15, 0.2) is 29.2 Å². The number of hydrogen-bond donors (Lipinski definition) is 1. The Hall–Kier alpha value is -0.520. The van der Waals surface area contributed by atoms with Crippen molar-refractivity contribution in [3.63, 3.8) is 0 Å². The van der Waals surface area contributed by atoms with Crippen LogP contribution in [-0.4, -0.2) is 31.7 Å². The summed E-state index contributed by atoms with van der Waals surface area (Å²) < 4.78 is 23.5. The van der Waals surface area contributed by atoms with Gasteiger partial charge in [-0.15, -0.1) is 11.8 Å². The van der Waals surface area contributed by atoms with Crippen LogP contribution in [0.2, 0.25) is 0 Å². The van der Waals surface area contributed by atoms with Crippen molar-refractivity contribution in [1.82, 2.24) is 5.32 Å². The Kier molecular flexibility index (Phi) is 7.62. The largest absolute Gasteiger partial charge is 0.313 e. The van der Waals surface area contributed by atoms with E-state index in [-0.39, 0.29) is 11.0 Å². The summed E-state index contributed by atoms with van der Waals surface area (Å²) in [7, 11) is -2.93.